The highest BCUT2D eigenvalue weighted by molar-refractivity contribution is 7.14. The molecule has 0 bridgehead atoms. The van der Waals surface area contributed by atoms with E-state index in [0.717, 1.165) is 0 Å². The number of hydrogen-bond donors (Lipinski definition) is 0. The molecule has 0 aliphatic heterocycles. The van der Waals surface area contributed by atoms with E-state index in [-0.39, 0.29) is 0 Å². The molecule has 0 amide bonds. The van der Waals surface area contributed by atoms with Gasteiger partial charge in [-0.05, 0) is 49.4 Å². The zero-order valence-corrected chi connectivity index (χ0v) is 8.89. The first kappa shape index (κ1) is 8.30. The Kier molecular flexibility index (Phi) is 1.95. The van der Waals surface area contributed by atoms with Gasteiger partial charge in [-0.1, -0.05) is 0 Å². The Labute approximate surface area is 88.0 Å². The maximum Gasteiger partial charge on any atom is 0.0995 e. The minimum atomic E-state index is 1.28. The molecule has 0 atom stereocenters. The van der Waals surface area contributed by atoms with Crippen molar-refractivity contribution in [3.8, 4) is 5.00 Å². The molecule has 2 aromatic rings. The average Bonchev–Trinajstić information content (AvgIpc) is 2.86. The van der Waals surface area contributed by atoms with Crippen molar-refractivity contribution in [2.45, 2.75) is 25.7 Å². The smallest absolute Gasteiger partial charge is 0.0995 e. The van der Waals surface area contributed by atoms with Crippen LogP contribution in [0.3, 0.4) is 0 Å². The predicted octanol–water partition coefficient (Wildman–Crippen LogP) is 3.42. The van der Waals surface area contributed by atoms with E-state index in [4.69, 9.17) is 0 Å². The summed E-state index contributed by atoms with van der Waals surface area (Å²) in [6.45, 7) is 0. The lowest BCUT2D eigenvalue weighted by Crippen LogP contribution is -1.96. The highest BCUT2D eigenvalue weighted by Gasteiger charge is 2.13. The first-order valence-corrected chi connectivity index (χ1v) is 6.00. The molecule has 1 aliphatic carbocycles. The molecule has 0 saturated carbocycles. The van der Waals surface area contributed by atoms with Crippen molar-refractivity contribution in [2.75, 3.05) is 0 Å². The third-order valence-corrected chi connectivity index (χ3v) is 4.09. The fourth-order valence-electron chi connectivity index (χ4n) is 2.08. The van der Waals surface area contributed by atoms with Crippen molar-refractivity contribution in [1.29, 1.82) is 0 Å². The van der Waals surface area contributed by atoms with Crippen LogP contribution >= 0.6 is 11.3 Å². The quantitative estimate of drug-likeness (QED) is 0.669. The standard InChI is InChI=1S/C12H13NS/c1-2-6-11-10(5-1)9-12(14-11)13-7-3-4-8-13/h3-4,7-9H,1-2,5-6H2. The normalized spacial score (nSPS) is 15.4. The van der Waals surface area contributed by atoms with Crippen LogP contribution in [0.5, 0.6) is 0 Å². The highest BCUT2D eigenvalue weighted by Crippen LogP contribution is 2.31. The Morgan fingerprint density at radius 2 is 1.86 bits per heavy atom. The van der Waals surface area contributed by atoms with E-state index in [0.29, 0.717) is 0 Å². The van der Waals surface area contributed by atoms with Crippen LogP contribution < -0.4 is 0 Å². The molecule has 0 saturated heterocycles. The molecular weight excluding hydrogens is 190 g/mol. The summed E-state index contributed by atoms with van der Waals surface area (Å²) in [4.78, 5) is 1.61. The average molecular weight is 203 g/mol. The fourth-order valence-corrected chi connectivity index (χ4v) is 3.30. The first-order valence-electron chi connectivity index (χ1n) is 5.18. The van der Waals surface area contributed by atoms with Crippen LogP contribution in [0.1, 0.15) is 23.3 Å². The van der Waals surface area contributed by atoms with Gasteiger partial charge in [0.2, 0.25) is 0 Å². The van der Waals surface area contributed by atoms with Gasteiger partial charge in [-0.2, -0.15) is 0 Å². The molecule has 2 heteroatoms. The second kappa shape index (κ2) is 3.28. The number of aryl methyl sites for hydroxylation is 2. The molecule has 2 aromatic heterocycles. The van der Waals surface area contributed by atoms with Crippen molar-refractivity contribution in [3.05, 3.63) is 41.0 Å². The Morgan fingerprint density at radius 3 is 2.64 bits per heavy atom. The van der Waals surface area contributed by atoms with Crippen LogP contribution in [-0.2, 0) is 12.8 Å². The van der Waals surface area contributed by atoms with Crippen LogP contribution in [0, 0.1) is 0 Å². The maximum atomic E-state index is 2.36. The zero-order chi connectivity index (χ0) is 9.38. The summed E-state index contributed by atoms with van der Waals surface area (Å²) >= 11 is 1.96. The van der Waals surface area contributed by atoms with E-state index in [1.54, 1.807) is 10.4 Å². The molecule has 72 valence electrons. The van der Waals surface area contributed by atoms with Gasteiger partial charge in [-0.15, -0.1) is 11.3 Å². The lowest BCUT2D eigenvalue weighted by atomic mass is 10.00. The highest BCUT2D eigenvalue weighted by atomic mass is 32.1. The minimum Gasteiger partial charge on any atom is -0.316 e. The lowest BCUT2D eigenvalue weighted by Gasteiger charge is -2.08. The fraction of sp³-hybridized carbons (Fsp3) is 0.333. The third kappa shape index (κ3) is 1.30. The molecular formula is C12H13NS. The lowest BCUT2D eigenvalue weighted by molar-refractivity contribution is 0.697. The number of hydrogen-bond acceptors (Lipinski definition) is 1. The summed E-state index contributed by atoms with van der Waals surface area (Å²) in [7, 11) is 0. The second-order valence-electron chi connectivity index (χ2n) is 3.83. The summed E-state index contributed by atoms with van der Waals surface area (Å²) < 4.78 is 2.21. The van der Waals surface area contributed by atoms with Crippen LogP contribution in [0.4, 0.5) is 0 Å². The second-order valence-corrected chi connectivity index (χ2v) is 4.95. The summed E-state index contributed by atoms with van der Waals surface area (Å²) in [6, 6.07) is 6.52. The summed E-state index contributed by atoms with van der Waals surface area (Å²) in [5, 5.41) is 1.38. The molecule has 0 unspecified atom stereocenters. The predicted molar refractivity (Wildman–Crippen MR) is 60.3 cm³/mol. The Hall–Kier alpha value is -1.02. The van der Waals surface area contributed by atoms with Gasteiger partial charge in [0.15, 0.2) is 0 Å². The van der Waals surface area contributed by atoms with Crippen LogP contribution in [0.25, 0.3) is 5.00 Å². The van der Waals surface area contributed by atoms with Gasteiger partial charge in [-0.25, -0.2) is 0 Å². The molecule has 1 nitrogen and oxygen atoms in total. The Bertz CT molecular complexity index is 402. The van der Waals surface area contributed by atoms with Gasteiger partial charge in [0.25, 0.3) is 0 Å². The molecule has 14 heavy (non-hydrogen) atoms. The van der Waals surface area contributed by atoms with Crippen LogP contribution in [0.2, 0.25) is 0 Å². The molecule has 0 spiro atoms. The molecule has 1 aliphatic rings. The van der Waals surface area contributed by atoms with Crippen molar-refractivity contribution in [3.63, 3.8) is 0 Å². The summed E-state index contributed by atoms with van der Waals surface area (Å²) in [5.74, 6) is 0. The van der Waals surface area contributed by atoms with E-state index in [1.165, 1.54) is 30.7 Å². The van der Waals surface area contributed by atoms with Gasteiger partial charge >= 0.3 is 0 Å². The molecule has 0 aromatic carbocycles. The van der Waals surface area contributed by atoms with E-state index in [2.05, 4.69) is 35.2 Å². The maximum absolute atomic E-state index is 2.36. The third-order valence-electron chi connectivity index (χ3n) is 2.84. The zero-order valence-electron chi connectivity index (χ0n) is 8.07. The number of rotatable bonds is 1. The SMILES string of the molecule is c1ccn(-c2cc3c(s2)CCCC3)c1. The largest absolute Gasteiger partial charge is 0.316 e. The minimum absolute atomic E-state index is 1.28. The number of aromatic nitrogens is 1. The van der Waals surface area contributed by atoms with Crippen molar-refractivity contribution >= 4 is 11.3 Å². The monoisotopic (exact) mass is 203 g/mol. The topological polar surface area (TPSA) is 4.93 Å². The van der Waals surface area contributed by atoms with Crippen molar-refractivity contribution in [2.24, 2.45) is 0 Å². The van der Waals surface area contributed by atoms with Gasteiger partial charge in [0.05, 0.1) is 5.00 Å². The van der Waals surface area contributed by atoms with E-state index < -0.39 is 0 Å². The van der Waals surface area contributed by atoms with Crippen LogP contribution in [-0.4, -0.2) is 4.57 Å². The first-order chi connectivity index (χ1) is 6.93. The van der Waals surface area contributed by atoms with Crippen LogP contribution in [0.15, 0.2) is 30.6 Å². The van der Waals surface area contributed by atoms with Gasteiger partial charge in [-0.3, -0.25) is 0 Å². The molecule has 0 N–H and O–H groups in total. The van der Waals surface area contributed by atoms with Crippen molar-refractivity contribution in [1.82, 2.24) is 4.57 Å². The van der Waals surface area contributed by atoms with Gasteiger partial charge < -0.3 is 4.57 Å². The van der Waals surface area contributed by atoms with Gasteiger partial charge in [0.1, 0.15) is 0 Å². The summed E-state index contributed by atoms with van der Waals surface area (Å²) in [6.07, 6.45) is 9.57. The number of nitrogens with zero attached hydrogens (tertiary/aromatic N) is 1. The number of fused-ring (bicyclic) bond motifs is 1. The summed E-state index contributed by atoms with van der Waals surface area (Å²) in [5.41, 5.74) is 1.59. The van der Waals surface area contributed by atoms with Gasteiger partial charge in [0, 0.05) is 17.3 Å². The Morgan fingerprint density at radius 1 is 1.07 bits per heavy atom. The van der Waals surface area contributed by atoms with E-state index in [1.807, 2.05) is 11.3 Å². The molecule has 2 heterocycles. The van der Waals surface area contributed by atoms with E-state index >= 15 is 0 Å². The molecule has 3 rings (SSSR count). The molecule has 0 fully saturated rings. The Balaban J connectivity index is 2.04. The molecule has 0 radical (unpaired) electrons. The van der Waals surface area contributed by atoms with Crippen molar-refractivity contribution < 1.29 is 0 Å². The van der Waals surface area contributed by atoms with E-state index in [9.17, 15) is 0 Å². The number of thiophene rings is 1.